The molecule has 2 aliphatic rings. The van der Waals surface area contributed by atoms with E-state index in [2.05, 4.69) is 29.9 Å². The van der Waals surface area contributed by atoms with Crippen LogP contribution in [0.3, 0.4) is 0 Å². The third-order valence-electron chi connectivity index (χ3n) is 5.73. The van der Waals surface area contributed by atoms with E-state index in [9.17, 15) is 4.79 Å². The van der Waals surface area contributed by atoms with Crippen LogP contribution < -0.4 is 4.90 Å². The molecule has 5 heterocycles. The maximum atomic E-state index is 12.9. The number of carbonyl (C=O) groups is 1. The van der Waals surface area contributed by atoms with Crippen molar-refractivity contribution >= 4 is 11.7 Å². The number of amides is 1. The van der Waals surface area contributed by atoms with Crippen LogP contribution in [0.25, 0.3) is 5.82 Å². The molecule has 9 nitrogen and oxygen atoms in total. The van der Waals surface area contributed by atoms with E-state index in [4.69, 9.17) is 0 Å². The highest BCUT2D eigenvalue weighted by Gasteiger charge is 2.37. The first-order chi connectivity index (χ1) is 14.8. The molecule has 9 heteroatoms. The number of carbonyl (C=O) groups excluding carboxylic acids is 1. The monoisotopic (exact) mass is 404 g/mol. The zero-order valence-electron chi connectivity index (χ0n) is 16.7. The van der Waals surface area contributed by atoms with Gasteiger partial charge in [0.25, 0.3) is 0 Å². The second-order valence-electron chi connectivity index (χ2n) is 7.71. The molecule has 0 N–H and O–H groups in total. The molecule has 0 saturated carbocycles. The van der Waals surface area contributed by atoms with Crippen molar-refractivity contribution in [2.75, 3.05) is 44.2 Å². The lowest BCUT2D eigenvalue weighted by molar-refractivity contribution is -0.138. The van der Waals surface area contributed by atoms with Gasteiger partial charge in [-0.1, -0.05) is 6.07 Å². The van der Waals surface area contributed by atoms with Gasteiger partial charge < -0.3 is 9.80 Å². The van der Waals surface area contributed by atoms with Gasteiger partial charge in [-0.25, -0.2) is 14.6 Å². The summed E-state index contributed by atoms with van der Waals surface area (Å²) in [7, 11) is 0. The lowest BCUT2D eigenvalue weighted by atomic mass is 9.98. The maximum absolute atomic E-state index is 12.9. The molecule has 5 rings (SSSR count). The quantitative estimate of drug-likeness (QED) is 0.623. The Morgan fingerprint density at radius 1 is 0.967 bits per heavy atom. The Morgan fingerprint density at radius 2 is 1.80 bits per heavy atom. The van der Waals surface area contributed by atoms with Crippen LogP contribution in [-0.4, -0.2) is 79.7 Å². The van der Waals surface area contributed by atoms with Crippen LogP contribution in [0.2, 0.25) is 0 Å². The molecule has 0 spiro atoms. The average molecular weight is 404 g/mol. The number of anilines is 1. The highest BCUT2D eigenvalue weighted by molar-refractivity contribution is 5.82. The first-order valence-corrected chi connectivity index (χ1v) is 10.2. The molecule has 0 atom stereocenters. The maximum Gasteiger partial charge on any atom is 0.229 e. The van der Waals surface area contributed by atoms with Gasteiger partial charge in [0.05, 0.1) is 11.6 Å². The fourth-order valence-electron chi connectivity index (χ4n) is 3.97. The molecule has 0 aliphatic carbocycles. The van der Waals surface area contributed by atoms with Crippen molar-refractivity contribution < 1.29 is 4.79 Å². The lowest BCUT2D eigenvalue weighted by Gasteiger charge is -2.43. The van der Waals surface area contributed by atoms with E-state index in [1.165, 1.54) is 0 Å². The van der Waals surface area contributed by atoms with E-state index in [1.807, 2.05) is 47.6 Å². The second kappa shape index (κ2) is 8.19. The fraction of sp³-hybridized carbons (Fsp3) is 0.381. The summed E-state index contributed by atoms with van der Waals surface area (Å²) in [6.07, 6.45) is 6.94. The van der Waals surface area contributed by atoms with Crippen LogP contribution in [0.1, 0.15) is 5.69 Å². The molecule has 2 aliphatic heterocycles. The SMILES string of the molecule is O=C(C1CN(c2cc(-n3cccn3)ncn2)C1)N1CCN(Cc2ccccn2)CC1. The highest BCUT2D eigenvalue weighted by Crippen LogP contribution is 2.25. The predicted octanol–water partition coefficient (Wildman–Crippen LogP) is 0.838. The topological polar surface area (TPSA) is 83.3 Å². The molecule has 1 amide bonds. The molecule has 0 bridgehead atoms. The van der Waals surface area contributed by atoms with Crippen LogP contribution >= 0.6 is 0 Å². The van der Waals surface area contributed by atoms with Gasteiger partial charge in [-0.05, 0) is 18.2 Å². The standard InChI is InChI=1S/C21H24N8O/c30-21(27-10-8-26(9-11-27)15-18-4-1-2-5-22-18)17-13-28(14-17)19-12-20(24-16-23-19)29-7-3-6-25-29/h1-7,12,16-17H,8-11,13-15H2. The number of hydrogen-bond donors (Lipinski definition) is 0. The van der Waals surface area contributed by atoms with Crippen molar-refractivity contribution in [2.45, 2.75) is 6.54 Å². The van der Waals surface area contributed by atoms with Gasteiger partial charge in [-0.2, -0.15) is 5.10 Å². The van der Waals surface area contributed by atoms with Crippen molar-refractivity contribution in [3.8, 4) is 5.82 Å². The predicted molar refractivity (Wildman–Crippen MR) is 111 cm³/mol. The summed E-state index contributed by atoms with van der Waals surface area (Å²) in [5, 5.41) is 4.21. The van der Waals surface area contributed by atoms with Crippen molar-refractivity contribution in [2.24, 2.45) is 5.92 Å². The molecule has 30 heavy (non-hydrogen) atoms. The Labute approximate surface area is 175 Å². The Hall–Kier alpha value is -3.33. The number of hydrogen-bond acceptors (Lipinski definition) is 7. The van der Waals surface area contributed by atoms with Crippen LogP contribution in [-0.2, 0) is 11.3 Å². The third kappa shape index (κ3) is 3.88. The van der Waals surface area contributed by atoms with Gasteiger partial charge in [0.1, 0.15) is 12.1 Å². The van der Waals surface area contributed by atoms with E-state index in [-0.39, 0.29) is 11.8 Å². The summed E-state index contributed by atoms with van der Waals surface area (Å²) < 4.78 is 1.71. The first-order valence-electron chi connectivity index (χ1n) is 10.2. The Morgan fingerprint density at radius 3 is 2.53 bits per heavy atom. The molecule has 154 valence electrons. The molecule has 2 fully saturated rings. The van der Waals surface area contributed by atoms with E-state index in [0.29, 0.717) is 13.1 Å². The summed E-state index contributed by atoms with van der Waals surface area (Å²) in [6, 6.07) is 9.76. The van der Waals surface area contributed by atoms with E-state index >= 15 is 0 Å². The van der Waals surface area contributed by atoms with Crippen molar-refractivity contribution in [1.29, 1.82) is 0 Å². The molecule has 0 aromatic carbocycles. The molecule has 3 aromatic rings. The van der Waals surface area contributed by atoms with Gasteiger partial charge in [0.2, 0.25) is 5.91 Å². The van der Waals surface area contributed by atoms with Gasteiger partial charge in [0, 0.05) is 70.5 Å². The van der Waals surface area contributed by atoms with Crippen LogP contribution in [0, 0.1) is 5.92 Å². The minimum Gasteiger partial charge on any atom is -0.355 e. The summed E-state index contributed by atoms with van der Waals surface area (Å²) in [4.78, 5) is 32.4. The van der Waals surface area contributed by atoms with Gasteiger partial charge >= 0.3 is 0 Å². The number of pyridine rings is 1. The summed E-state index contributed by atoms with van der Waals surface area (Å²) in [5.41, 5.74) is 1.08. The average Bonchev–Trinajstić information content (AvgIpc) is 3.29. The number of piperazine rings is 1. The second-order valence-corrected chi connectivity index (χ2v) is 7.71. The Balaban J connectivity index is 1.12. The minimum absolute atomic E-state index is 0.0375. The van der Waals surface area contributed by atoms with Gasteiger partial charge in [-0.15, -0.1) is 0 Å². The van der Waals surface area contributed by atoms with Crippen molar-refractivity contribution in [3.63, 3.8) is 0 Å². The van der Waals surface area contributed by atoms with E-state index in [0.717, 1.165) is 50.1 Å². The summed E-state index contributed by atoms with van der Waals surface area (Å²) >= 11 is 0. The van der Waals surface area contributed by atoms with Gasteiger partial charge in [0.15, 0.2) is 5.82 Å². The number of rotatable bonds is 5. The van der Waals surface area contributed by atoms with Crippen LogP contribution in [0.5, 0.6) is 0 Å². The molecular formula is C21H24N8O. The normalized spacial score (nSPS) is 17.7. The molecule has 0 unspecified atom stereocenters. The molecule has 3 aromatic heterocycles. The first kappa shape index (κ1) is 18.7. The fourth-order valence-corrected chi connectivity index (χ4v) is 3.97. The lowest BCUT2D eigenvalue weighted by Crippen LogP contribution is -2.58. The van der Waals surface area contributed by atoms with Crippen molar-refractivity contribution in [1.82, 2.24) is 34.5 Å². The smallest absolute Gasteiger partial charge is 0.229 e. The van der Waals surface area contributed by atoms with E-state index < -0.39 is 0 Å². The molecular weight excluding hydrogens is 380 g/mol. The zero-order valence-corrected chi connectivity index (χ0v) is 16.7. The van der Waals surface area contributed by atoms with Gasteiger partial charge in [-0.3, -0.25) is 14.7 Å². The van der Waals surface area contributed by atoms with E-state index in [1.54, 1.807) is 17.2 Å². The Kier molecular flexibility index (Phi) is 5.10. The summed E-state index contributed by atoms with van der Waals surface area (Å²) in [5.74, 6) is 1.85. The highest BCUT2D eigenvalue weighted by atomic mass is 16.2. The third-order valence-corrected chi connectivity index (χ3v) is 5.73. The summed E-state index contributed by atoms with van der Waals surface area (Å²) in [6.45, 7) is 5.56. The minimum atomic E-state index is 0.0375. The largest absolute Gasteiger partial charge is 0.355 e. The van der Waals surface area contributed by atoms with Crippen LogP contribution in [0.15, 0.2) is 55.2 Å². The number of nitrogens with zero attached hydrogens (tertiary/aromatic N) is 8. The zero-order chi connectivity index (χ0) is 20.3. The van der Waals surface area contributed by atoms with Crippen LogP contribution in [0.4, 0.5) is 5.82 Å². The molecule has 0 radical (unpaired) electrons. The number of aromatic nitrogens is 5. The Bertz CT molecular complexity index is 979. The molecule has 2 saturated heterocycles. The van der Waals surface area contributed by atoms with Crippen molar-refractivity contribution in [3.05, 3.63) is 60.9 Å².